The van der Waals surface area contributed by atoms with Crippen LogP contribution in [0.4, 0.5) is 0 Å². The summed E-state index contributed by atoms with van der Waals surface area (Å²) in [6.07, 6.45) is 10.6. The molecular weight excluding hydrogens is 528 g/mol. The van der Waals surface area contributed by atoms with Gasteiger partial charge in [0.05, 0.1) is 24.3 Å². The molecule has 0 spiro atoms. The molecule has 0 bridgehead atoms. The van der Waals surface area contributed by atoms with Gasteiger partial charge >= 0.3 is 11.9 Å². The third kappa shape index (κ3) is 3.70. The Labute approximate surface area is 251 Å². The predicted octanol–water partition coefficient (Wildman–Crippen LogP) is 6.17. The SMILES string of the molecule is C=C(C)[C@@H]1CC[C@]2(C(=O)O)CC[C@]3(C)[C@H](CC[C@@H]4[C@@]5(C)Cc6cn(CC(=O)OCC)nc6[C@@](C)(CO)[C@@H]5CC[C@]43C)[C@@H]12. The van der Waals surface area contributed by atoms with Gasteiger partial charge < -0.3 is 14.9 Å². The van der Waals surface area contributed by atoms with E-state index in [1.54, 1.807) is 4.68 Å². The van der Waals surface area contributed by atoms with Crippen LogP contribution in [0.15, 0.2) is 18.3 Å². The number of carboxylic acid groups (broad SMARTS) is 1. The van der Waals surface area contributed by atoms with E-state index in [1.165, 1.54) is 0 Å². The van der Waals surface area contributed by atoms with Gasteiger partial charge in [-0.1, -0.05) is 39.8 Å². The van der Waals surface area contributed by atoms with Crippen LogP contribution in [0.25, 0.3) is 0 Å². The predicted molar refractivity (Wildman–Crippen MR) is 161 cm³/mol. The maximum absolute atomic E-state index is 12.9. The summed E-state index contributed by atoms with van der Waals surface area (Å²) in [6.45, 7) is 18.5. The summed E-state index contributed by atoms with van der Waals surface area (Å²) in [5.74, 6) is 0.695. The number of aromatic nitrogens is 2. The number of carboxylic acids is 1. The van der Waals surface area contributed by atoms with Crippen molar-refractivity contribution in [3.8, 4) is 0 Å². The first-order chi connectivity index (χ1) is 19.7. The summed E-state index contributed by atoms with van der Waals surface area (Å²) >= 11 is 0. The van der Waals surface area contributed by atoms with E-state index >= 15 is 0 Å². The molecular formula is C35H52N2O5. The Morgan fingerprint density at radius 2 is 1.79 bits per heavy atom. The van der Waals surface area contributed by atoms with Gasteiger partial charge in [-0.3, -0.25) is 14.3 Å². The van der Waals surface area contributed by atoms with Gasteiger partial charge in [-0.25, -0.2) is 0 Å². The minimum atomic E-state index is -0.610. The van der Waals surface area contributed by atoms with Crippen LogP contribution in [-0.2, 0) is 32.7 Å². The number of hydrogen-bond donors (Lipinski definition) is 2. The zero-order valence-electron chi connectivity index (χ0n) is 26.7. The molecule has 7 heteroatoms. The highest BCUT2D eigenvalue weighted by atomic mass is 16.5. The highest BCUT2D eigenvalue weighted by Gasteiger charge is 2.72. The van der Waals surface area contributed by atoms with Crippen molar-refractivity contribution in [3.05, 3.63) is 29.6 Å². The molecule has 4 saturated carbocycles. The fourth-order valence-electron chi connectivity index (χ4n) is 12.4. The Kier molecular flexibility index (Phi) is 6.89. The number of carbonyl (C=O) groups is 2. The van der Waals surface area contributed by atoms with Gasteiger partial charge in [0.15, 0.2) is 0 Å². The smallest absolute Gasteiger partial charge is 0.327 e. The lowest BCUT2D eigenvalue weighted by molar-refractivity contribution is -0.229. The number of aliphatic hydroxyl groups excluding tert-OH is 1. The molecule has 7 nitrogen and oxygen atoms in total. The largest absolute Gasteiger partial charge is 0.481 e. The first kappa shape index (κ1) is 29.9. The van der Waals surface area contributed by atoms with Gasteiger partial charge in [0, 0.05) is 11.6 Å². The molecule has 42 heavy (non-hydrogen) atoms. The molecule has 1 aromatic heterocycles. The molecule has 2 N–H and O–H groups in total. The Bertz CT molecular complexity index is 1300. The van der Waals surface area contributed by atoms with E-state index in [2.05, 4.69) is 41.2 Å². The van der Waals surface area contributed by atoms with E-state index in [9.17, 15) is 19.8 Å². The second-order valence-electron chi connectivity index (χ2n) is 15.9. The molecule has 0 unspecified atom stereocenters. The second kappa shape index (κ2) is 9.67. The lowest BCUT2D eigenvalue weighted by Crippen LogP contribution is -2.67. The third-order valence-electron chi connectivity index (χ3n) is 14.4. The van der Waals surface area contributed by atoms with Crippen LogP contribution in [0.3, 0.4) is 0 Å². The quantitative estimate of drug-likeness (QED) is 0.308. The summed E-state index contributed by atoms with van der Waals surface area (Å²) in [7, 11) is 0. The number of carbonyl (C=O) groups excluding carboxylic acids is 1. The molecule has 5 aliphatic rings. The number of nitrogens with zero attached hydrogens (tertiary/aromatic N) is 2. The first-order valence-electron chi connectivity index (χ1n) is 16.4. The first-order valence-corrected chi connectivity index (χ1v) is 16.4. The zero-order valence-corrected chi connectivity index (χ0v) is 26.7. The molecule has 1 heterocycles. The summed E-state index contributed by atoms with van der Waals surface area (Å²) in [5.41, 5.74) is 2.25. The molecule has 0 aliphatic heterocycles. The molecule has 232 valence electrons. The minimum absolute atomic E-state index is 0.0313. The van der Waals surface area contributed by atoms with Crippen molar-refractivity contribution in [2.45, 2.75) is 111 Å². The molecule has 0 amide bonds. The fourth-order valence-corrected chi connectivity index (χ4v) is 12.4. The number of allylic oxidation sites excluding steroid dienone is 1. The molecule has 6 rings (SSSR count). The van der Waals surface area contributed by atoms with Crippen LogP contribution >= 0.6 is 0 Å². The van der Waals surface area contributed by atoms with Crippen molar-refractivity contribution in [1.82, 2.24) is 9.78 Å². The van der Waals surface area contributed by atoms with Crippen LogP contribution < -0.4 is 0 Å². The summed E-state index contributed by atoms with van der Waals surface area (Å²) in [5, 5.41) is 26.5. The van der Waals surface area contributed by atoms with Crippen molar-refractivity contribution in [2.75, 3.05) is 13.2 Å². The zero-order chi connectivity index (χ0) is 30.5. The number of aliphatic carboxylic acids is 1. The third-order valence-corrected chi connectivity index (χ3v) is 14.4. The molecule has 10 atom stereocenters. The summed E-state index contributed by atoms with van der Waals surface area (Å²) in [4.78, 5) is 25.2. The van der Waals surface area contributed by atoms with E-state index in [1.807, 2.05) is 13.1 Å². The number of aliphatic hydroxyl groups is 1. The topological polar surface area (TPSA) is 102 Å². The van der Waals surface area contributed by atoms with Crippen LogP contribution in [0.2, 0.25) is 0 Å². The van der Waals surface area contributed by atoms with Crippen molar-refractivity contribution in [2.24, 2.45) is 51.2 Å². The maximum atomic E-state index is 12.9. The monoisotopic (exact) mass is 580 g/mol. The molecule has 0 aromatic carbocycles. The standard InChI is InChI=1S/C35H52N2O5/c1-8-42-27(39)19-37-18-22-17-31(4)25(32(5,20-38)29(22)36-37)12-13-34(7)26(31)10-9-24-28-23(21(2)3)11-14-35(28,30(40)41)16-15-33(24,34)6/h18,23-26,28,38H,2,8-17,19-20H2,1,3-7H3,(H,40,41)/t23-,24+,25+,26+,28+,31-,32-,33+,34+,35-/m0/s1. The summed E-state index contributed by atoms with van der Waals surface area (Å²) < 4.78 is 6.92. The van der Waals surface area contributed by atoms with Gasteiger partial charge in [0.1, 0.15) is 6.54 Å². The van der Waals surface area contributed by atoms with Crippen LogP contribution in [0, 0.1) is 51.2 Å². The lowest BCUT2D eigenvalue weighted by atomic mass is 9.32. The van der Waals surface area contributed by atoms with Crippen LogP contribution in [-0.4, -0.2) is 45.1 Å². The van der Waals surface area contributed by atoms with E-state index in [4.69, 9.17) is 9.84 Å². The average Bonchev–Trinajstić information content (AvgIpc) is 3.51. The number of ether oxygens (including phenoxy) is 1. The number of fused-ring (bicyclic) bond motifs is 8. The fraction of sp³-hybridized carbons (Fsp3) is 0.800. The lowest BCUT2D eigenvalue weighted by Gasteiger charge is -2.72. The Hall–Kier alpha value is -2.15. The molecule has 4 fully saturated rings. The van der Waals surface area contributed by atoms with Gasteiger partial charge in [-0.05, 0) is 123 Å². The molecule has 0 radical (unpaired) electrons. The van der Waals surface area contributed by atoms with Crippen molar-refractivity contribution in [3.63, 3.8) is 0 Å². The van der Waals surface area contributed by atoms with E-state index in [0.717, 1.165) is 74.6 Å². The Morgan fingerprint density at radius 1 is 1.05 bits per heavy atom. The molecule has 5 aliphatic carbocycles. The van der Waals surface area contributed by atoms with Crippen LogP contribution in [0.1, 0.15) is 104 Å². The van der Waals surface area contributed by atoms with Crippen molar-refractivity contribution < 1.29 is 24.5 Å². The minimum Gasteiger partial charge on any atom is -0.481 e. The molecule has 1 aromatic rings. The Morgan fingerprint density at radius 3 is 2.43 bits per heavy atom. The van der Waals surface area contributed by atoms with Gasteiger partial charge in [-0.2, -0.15) is 5.10 Å². The maximum Gasteiger partial charge on any atom is 0.327 e. The van der Waals surface area contributed by atoms with Gasteiger partial charge in [-0.15, -0.1) is 0 Å². The number of rotatable bonds is 6. The highest BCUT2D eigenvalue weighted by molar-refractivity contribution is 5.76. The number of hydrogen-bond acceptors (Lipinski definition) is 5. The van der Waals surface area contributed by atoms with Gasteiger partial charge in [0.2, 0.25) is 0 Å². The van der Waals surface area contributed by atoms with Gasteiger partial charge in [0.25, 0.3) is 0 Å². The van der Waals surface area contributed by atoms with E-state index < -0.39 is 16.8 Å². The van der Waals surface area contributed by atoms with Crippen molar-refractivity contribution in [1.29, 1.82) is 0 Å². The average molecular weight is 581 g/mol. The Balaban J connectivity index is 1.39. The molecule has 0 saturated heterocycles. The second-order valence-corrected chi connectivity index (χ2v) is 15.9. The van der Waals surface area contributed by atoms with Crippen molar-refractivity contribution >= 4 is 11.9 Å². The summed E-state index contributed by atoms with van der Waals surface area (Å²) in [6, 6.07) is 0. The van der Waals surface area contributed by atoms with E-state index in [-0.39, 0.29) is 53.1 Å². The normalized spacial score (nSPS) is 45.5. The van der Waals surface area contributed by atoms with E-state index in [0.29, 0.717) is 18.4 Å². The highest BCUT2D eigenvalue weighted by Crippen LogP contribution is 2.77. The van der Waals surface area contributed by atoms with Crippen LogP contribution in [0.5, 0.6) is 0 Å². The number of esters is 1.